The molecule has 5 aliphatic heterocycles. The smallest absolute Gasteiger partial charge is 0.366 e. The van der Waals surface area contributed by atoms with Crippen LogP contribution in [0.25, 0.3) is 0 Å². The van der Waals surface area contributed by atoms with Gasteiger partial charge >= 0.3 is 23.9 Å². The molecule has 1 spiro atoms. The fourth-order valence-electron chi connectivity index (χ4n) is 12.7. The quantitative estimate of drug-likeness (QED) is 0.237. The molecule has 286 valence electrons. The first-order valence-corrected chi connectivity index (χ1v) is 17.9. The van der Waals surface area contributed by atoms with Gasteiger partial charge in [-0.1, -0.05) is 19.9 Å². The average Bonchev–Trinajstić information content (AvgIpc) is 3.86. The van der Waals surface area contributed by atoms with Crippen molar-refractivity contribution in [3.05, 3.63) is 24.0 Å². The van der Waals surface area contributed by atoms with Crippen molar-refractivity contribution in [3.63, 3.8) is 0 Å². The number of carbonyl (C=O) groups is 4. The van der Waals surface area contributed by atoms with E-state index in [1.165, 1.54) is 34.3 Å². The summed E-state index contributed by atoms with van der Waals surface area (Å²) in [7, 11) is 2.55. The van der Waals surface area contributed by atoms with E-state index in [0.717, 1.165) is 0 Å². The summed E-state index contributed by atoms with van der Waals surface area (Å²) in [6, 6.07) is 0. The van der Waals surface area contributed by atoms with Crippen LogP contribution in [0, 0.1) is 34.0 Å². The van der Waals surface area contributed by atoms with E-state index >= 15 is 0 Å². The topological polar surface area (TPSA) is 181 Å². The maximum Gasteiger partial charge on any atom is 0.366 e. The van der Waals surface area contributed by atoms with Crippen LogP contribution < -0.4 is 0 Å². The maximum atomic E-state index is 14.2. The number of methoxy groups -OCH3 is 2. The summed E-state index contributed by atoms with van der Waals surface area (Å²) in [6.07, 6.45) is -0.670. The molecule has 4 saturated heterocycles. The Kier molecular flexibility index (Phi) is 7.60. The van der Waals surface area contributed by atoms with E-state index in [4.69, 9.17) is 47.4 Å². The molecule has 15 heteroatoms. The number of allylic oxidation sites excluding steroid dienone is 1. The van der Waals surface area contributed by atoms with Crippen molar-refractivity contribution in [3.8, 4) is 0 Å². The van der Waals surface area contributed by atoms with Crippen molar-refractivity contribution in [2.45, 2.75) is 121 Å². The van der Waals surface area contributed by atoms with Crippen molar-refractivity contribution in [2.24, 2.45) is 34.0 Å². The molecule has 52 heavy (non-hydrogen) atoms. The van der Waals surface area contributed by atoms with Crippen molar-refractivity contribution in [1.82, 2.24) is 0 Å². The molecule has 0 aromatic carbocycles. The number of ether oxygens (including phenoxy) is 10. The summed E-state index contributed by atoms with van der Waals surface area (Å²) < 4.78 is 63.1. The molecule has 8 rings (SSSR count). The van der Waals surface area contributed by atoms with Gasteiger partial charge in [-0.05, 0) is 27.2 Å². The van der Waals surface area contributed by atoms with Gasteiger partial charge < -0.3 is 52.5 Å². The van der Waals surface area contributed by atoms with Crippen molar-refractivity contribution in [1.29, 1.82) is 0 Å². The lowest BCUT2D eigenvalue weighted by Gasteiger charge is -2.66. The molecule has 16 unspecified atom stereocenters. The first-order valence-electron chi connectivity index (χ1n) is 17.9. The second-order valence-electron chi connectivity index (χ2n) is 16.5. The van der Waals surface area contributed by atoms with E-state index < -0.39 is 117 Å². The molecular weight excluding hydrogens is 684 g/mol. The normalized spacial score (nSPS) is 53.1. The number of rotatable bonds is 6. The largest absolute Gasteiger partial charge is 0.468 e. The van der Waals surface area contributed by atoms with Crippen LogP contribution in [0.2, 0.25) is 0 Å². The van der Waals surface area contributed by atoms with E-state index in [1.807, 2.05) is 13.8 Å². The minimum atomic E-state index is -2.14. The van der Waals surface area contributed by atoms with Gasteiger partial charge in [-0.2, -0.15) is 0 Å². The van der Waals surface area contributed by atoms with Crippen molar-refractivity contribution < 1.29 is 71.7 Å². The second kappa shape index (κ2) is 11.0. The summed E-state index contributed by atoms with van der Waals surface area (Å²) in [5.74, 6) is -7.15. The fraction of sp³-hybridized carbons (Fsp3) is 0.784. The Balaban J connectivity index is 1.38. The molecule has 15 nitrogen and oxygen atoms in total. The molecule has 1 N–H and O–H groups in total. The number of esters is 4. The summed E-state index contributed by atoms with van der Waals surface area (Å²) in [4.78, 5) is 53.3. The molecule has 16 atom stereocenters. The zero-order chi connectivity index (χ0) is 37.6. The number of aliphatic hydroxyl groups is 1. The lowest BCUT2D eigenvalue weighted by Crippen LogP contribution is -2.78. The van der Waals surface area contributed by atoms with Gasteiger partial charge in [-0.15, -0.1) is 0 Å². The Morgan fingerprint density at radius 3 is 2.33 bits per heavy atom. The van der Waals surface area contributed by atoms with E-state index in [0.29, 0.717) is 5.57 Å². The van der Waals surface area contributed by atoms with Crippen molar-refractivity contribution in [2.75, 3.05) is 27.4 Å². The Labute approximate surface area is 301 Å². The Morgan fingerprint density at radius 2 is 1.69 bits per heavy atom. The summed E-state index contributed by atoms with van der Waals surface area (Å²) in [5.41, 5.74) is -8.25. The summed E-state index contributed by atoms with van der Waals surface area (Å²) in [6.45, 7) is 11.5. The van der Waals surface area contributed by atoms with Crippen molar-refractivity contribution >= 4 is 23.9 Å². The minimum absolute atomic E-state index is 0.0440. The van der Waals surface area contributed by atoms with E-state index in [-0.39, 0.29) is 26.1 Å². The zero-order valence-electron chi connectivity index (χ0n) is 30.9. The summed E-state index contributed by atoms with van der Waals surface area (Å²) in [5, 5.41) is 13.8. The molecule has 7 fully saturated rings. The zero-order valence-corrected chi connectivity index (χ0v) is 30.9. The molecule has 3 saturated carbocycles. The first kappa shape index (κ1) is 35.9. The predicted molar refractivity (Wildman–Crippen MR) is 172 cm³/mol. The number of hydrogen-bond acceptors (Lipinski definition) is 15. The molecule has 0 amide bonds. The highest BCUT2D eigenvalue weighted by molar-refractivity contribution is 5.87. The Bertz CT molecular complexity index is 1680. The van der Waals surface area contributed by atoms with Crippen LogP contribution in [-0.4, -0.2) is 116 Å². The van der Waals surface area contributed by atoms with Crippen LogP contribution in [0.1, 0.15) is 61.3 Å². The Hall–Kier alpha value is -3.08. The molecular formula is C37H48O15. The molecule has 5 heterocycles. The first-order chi connectivity index (χ1) is 24.4. The average molecular weight is 733 g/mol. The monoisotopic (exact) mass is 732 g/mol. The third-order valence-electron chi connectivity index (χ3n) is 14.6. The number of carbonyl (C=O) groups excluding carboxylic acids is 4. The minimum Gasteiger partial charge on any atom is -0.468 e. The lowest BCUT2D eigenvalue weighted by molar-refractivity contribution is -0.318. The predicted octanol–water partition coefficient (Wildman–Crippen LogP) is 1.87. The Morgan fingerprint density at radius 1 is 0.962 bits per heavy atom. The number of fused-ring (bicyclic) bond motifs is 11. The standard InChI is InChI=1S/C37H48O15/c1-10-17(2)27(40)49-21-14-22(48-18(3)38)34-16-47-36(44-9,29(41)43-8)28(34)32(6)26(24-25(34)31(21,5)15-46-24)52-33(7)20-13-23(37(32,33)42)50-30-35(20,11-12-45-30)51-19(4)39/h10-12,20-26,28,30,42H,13-16H2,1-9H3. The third-order valence-corrected chi connectivity index (χ3v) is 14.6. The summed E-state index contributed by atoms with van der Waals surface area (Å²) >= 11 is 0. The molecule has 3 aliphatic carbocycles. The van der Waals surface area contributed by atoms with Gasteiger partial charge in [-0.25, -0.2) is 9.59 Å². The van der Waals surface area contributed by atoms with Gasteiger partial charge in [-0.3, -0.25) is 9.59 Å². The second-order valence-corrected chi connectivity index (χ2v) is 16.5. The fourth-order valence-corrected chi connectivity index (χ4v) is 12.7. The van der Waals surface area contributed by atoms with Gasteiger partial charge in [0.1, 0.15) is 23.4 Å². The highest BCUT2D eigenvalue weighted by atomic mass is 16.7. The highest BCUT2D eigenvalue weighted by Gasteiger charge is 2.94. The molecule has 2 bridgehead atoms. The number of hydrogen-bond donors (Lipinski definition) is 1. The van der Waals surface area contributed by atoms with Gasteiger partial charge in [0.05, 0.1) is 44.9 Å². The van der Waals surface area contributed by atoms with Crippen LogP contribution in [0.3, 0.4) is 0 Å². The highest BCUT2D eigenvalue weighted by Crippen LogP contribution is 2.81. The molecule has 8 aliphatic rings. The van der Waals surface area contributed by atoms with Crippen LogP contribution in [0.5, 0.6) is 0 Å². The molecule has 0 radical (unpaired) electrons. The lowest BCUT2D eigenvalue weighted by atomic mass is 9.37. The van der Waals surface area contributed by atoms with Gasteiger partial charge in [0, 0.05) is 73.0 Å². The van der Waals surface area contributed by atoms with E-state index in [2.05, 4.69) is 0 Å². The third kappa shape index (κ3) is 3.77. The SMILES string of the molecule is CC=C(C)C(=O)OC1CC(OC(C)=O)C23COC(OC)(C(=O)OC)C2C2(C)C(OC4(C)C5CC(OC6OC=CC65OC(C)=O)C42O)C2OCC1(C)C23. The van der Waals surface area contributed by atoms with Crippen LogP contribution in [0.15, 0.2) is 24.0 Å². The van der Waals surface area contributed by atoms with Crippen LogP contribution >= 0.6 is 0 Å². The van der Waals surface area contributed by atoms with Crippen LogP contribution in [-0.2, 0) is 66.5 Å². The van der Waals surface area contributed by atoms with E-state index in [9.17, 15) is 24.3 Å². The maximum absolute atomic E-state index is 14.2. The van der Waals surface area contributed by atoms with Gasteiger partial charge in [0.15, 0.2) is 0 Å². The van der Waals surface area contributed by atoms with Crippen LogP contribution in [0.4, 0.5) is 0 Å². The molecule has 0 aromatic heterocycles. The molecule has 0 aromatic rings. The van der Waals surface area contributed by atoms with E-state index in [1.54, 1.807) is 32.9 Å². The van der Waals surface area contributed by atoms with Gasteiger partial charge in [0.2, 0.25) is 11.9 Å². The van der Waals surface area contributed by atoms with Gasteiger partial charge in [0.25, 0.3) is 5.79 Å².